The van der Waals surface area contributed by atoms with Gasteiger partial charge in [-0.1, -0.05) is 18.6 Å². The van der Waals surface area contributed by atoms with Gasteiger partial charge < -0.3 is 9.47 Å². The van der Waals surface area contributed by atoms with Crippen LogP contribution < -0.4 is 9.47 Å². The van der Waals surface area contributed by atoms with Crippen LogP contribution in [0.15, 0.2) is 24.2 Å². The van der Waals surface area contributed by atoms with Crippen molar-refractivity contribution in [2.75, 3.05) is 0 Å². The van der Waals surface area contributed by atoms with E-state index in [2.05, 4.69) is 0 Å². The zero-order valence-corrected chi connectivity index (χ0v) is 8.08. The first kappa shape index (κ1) is 7.16. The molecular formula is C12H14O2. The van der Waals surface area contributed by atoms with Crippen molar-refractivity contribution in [2.24, 2.45) is 0 Å². The Morgan fingerprint density at radius 1 is 1.07 bits per heavy atom. The van der Waals surface area contributed by atoms with Crippen LogP contribution in [0.4, 0.5) is 0 Å². The van der Waals surface area contributed by atoms with Gasteiger partial charge in [0.15, 0.2) is 11.5 Å². The highest BCUT2D eigenvalue weighted by atomic mass is 16.7. The van der Waals surface area contributed by atoms with Crippen LogP contribution in [-0.2, 0) is 0 Å². The lowest BCUT2D eigenvalue weighted by Gasteiger charge is -2.31. The van der Waals surface area contributed by atoms with Crippen LogP contribution in [0.5, 0.6) is 11.5 Å². The summed E-state index contributed by atoms with van der Waals surface area (Å²) in [5, 5.41) is 0. The number of hydrogen-bond acceptors (Lipinski definition) is 2. The molecule has 2 nitrogen and oxygen atoms in total. The average molecular weight is 191 g/mol. The van der Waals surface area contributed by atoms with Crippen molar-refractivity contribution in [2.45, 2.75) is 37.9 Å². The van der Waals surface area contributed by atoms with E-state index in [1.165, 1.54) is 6.42 Å². The predicted octanol–water partition coefficient (Wildman–Crippen LogP) is 3.12. The minimum atomic E-state index is -0.447. The van der Waals surface area contributed by atoms with Crippen LogP contribution in [0.1, 0.15) is 33.5 Å². The molecule has 1 aliphatic heterocycles. The van der Waals surface area contributed by atoms with Gasteiger partial charge >= 0.3 is 0 Å². The quantitative estimate of drug-likeness (QED) is 0.627. The Hall–Kier alpha value is -1.18. The molecule has 0 atom stereocenters. The second kappa shape index (κ2) is 2.91. The number of para-hydroxylation sites is 2. The van der Waals surface area contributed by atoms with Gasteiger partial charge in [-0.2, -0.15) is 0 Å². The number of rotatable bonds is 0. The summed E-state index contributed by atoms with van der Waals surface area (Å²) in [5.41, 5.74) is 0. The predicted molar refractivity (Wildman–Crippen MR) is 53.5 cm³/mol. The molecule has 0 unspecified atom stereocenters. The third-order valence-corrected chi connectivity index (χ3v) is 2.98. The van der Waals surface area contributed by atoms with Crippen LogP contribution >= 0.6 is 0 Å². The summed E-state index contributed by atoms with van der Waals surface area (Å²) in [6, 6.07) is 5.89. The lowest BCUT2D eigenvalue weighted by molar-refractivity contribution is -0.105. The maximum atomic E-state index is 7.75. The molecule has 1 heterocycles. The van der Waals surface area contributed by atoms with E-state index < -0.39 is 5.79 Å². The molecule has 0 radical (unpaired) electrons. The summed E-state index contributed by atoms with van der Waals surface area (Å²) in [5.74, 6) is 0.918. The van der Waals surface area contributed by atoms with Gasteiger partial charge in [0.2, 0.25) is 0 Å². The minimum Gasteiger partial charge on any atom is -0.448 e. The molecule has 2 aliphatic rings. The molecule has 1 saturated carbocycles. The van der Waals surface area contributed by atoms with Crippen molar-refractivity contribution in [1.29, 1.82) is 0 Å². The molecule has 1 aliphatic carbocycles. The van der Waals surface area contributed by atoms with Crippen molar-refractivity contribution >= 4 is 0 Å². The molecule has 1 aromatic rings. The highest BCUT2D eigenvalue weighted by molar-refractivity contribution is 5.42. The van der Waals surface area contributed by atoms with Crippen molar-refractivity contribution in [1.82, 2.24) is 0 Å². The normalized spacial score (nSPS) is 23.6. The Morgan fingerprint density at radius 2 is 1.86 bits per heavy atom. The van der Waals surface area contributed by atoms with Crippen LogP contribution in [0, 0.1) is 0 Å². The molecular weight excluding hydrogens is 176 g/mol. The second-order valence-electron chi connectivity index (χ2n) is 4.04. The number of hydrogen-bond donors (Lipinski definition) is 0. The first-order valence-electron chi connectivity index (χ1n) is 5.77. The third-order valence-electron chi connectivity index (χ3n) is 2.98. The Kier molecular flexibility index (Phi) is 1.49. The van der Waals surface area contributed by atoms with E-state index >= 15 is 0 Å². The van der Waals surface area contributed by atoms with E-state index in [9.17, 15) is 0 Å². The van der Waals surface area contributed by atoms with E-state index in [1.54, 1.807) is 6.07 Å². The first-order valence-corrected chi connectivity index (χ1v) is 5.27. The molecule has 0 amide bonds. The Balaban J connectivity index is 1.94. The number of benzene rings is 1. The molecule has 0 saturated heterocycles. The van der Waals surface area contributed by atoms with Gasteiger partial charge in [-0.05, 0) is 25.0 Å². The van der Waals surface area contributed by atoms with Crippen molar-refractivity contribution in [3.8, 4) is 11.5 Å². The molecule has 14 heavy (non-hydrogen) atoms. The van der Waals surface area contributed by atoms with Gasteiger partial charge in [0, 0.05) is 12.8 Å². The summed E-state index contributed by atoms with van der Waals surface area (Å²) in [6.07, 6.45) is 5.46. The molecule has 1 fully saturated rings. The van der Waals surface area contributed by atoms with E-state index in [-0.39, 0.29) is 0 Å². The molecule has 2 heteroatoms. The van der Waals surface area contributed by atoms with Gasteiger partial charge in [0.05, 0.1) is 1.37 Å². The van der Waals surface area contributed by atoms with E-state index in [1.807, 2.05) is 12.1 Å². The molecule has 1 aromatic carbocycles. The van der Waals surface area contributed by atoms with Crippen molar-refractivity contribution in [3.05, 3.63) is 24.2 Å². The van der Waals surface area contributed by atoms with E-state index in [0.717, 1.165) is 31.4 Å². The number of ether oxygens (including phenoxy) is 2. The minimum absolute atomic E-state index is 0.426. The van der Waals surface area contributed by atoms with Gasteiger partial charge in [-0.15, -0.1) is 0 Å². The molecule has 0 bridgehead atoms. The second-order valence-corrected chi connectivity index (χ2v) is 4.04. The SMILES string of the molecule is [2H]c1cccc2c1OC1(CCCCC1)O2. The molecule has 0 N–H and O–H groups in total. The van der Waals surface area contributed by atoms with Crippen molar-refractivity contribution < 1.29 is 10.8 Å². The average Bonchev–Trinajstić information content (AvgIpc) is 2.59. The maximum Gasteiger partial charge on any atom is 0.251 e. The van der Waals surface area contributed by atoms with Crippen LogP contribution in [0.25, 0.3) is 0 Å². The van der Waals surface area contributed by atoms with Gasteiger partial charge in [-0.3, -0.25) is 0 Å². The zero-order chi connectivity index (χ0) is 10.3. The highest BCUT2D eigenvalue weighted by Gasteiger charge is 2.42. The summed E-state index contributed by atoms with van der Waals surface area (Å²) >= 11 is 0. The fourth-order valence-corrected chi connectivity index (χ4v) is 2.27. The van der Waals surface area contributed by atoms with E-state index in [0.29, 0.717) is 11.8 Å². The summed E-state index contributed by atoms with van der Waals surface area (Å²) in [4.78, 5) is 0. The lowest BCUT2D eigenvalue weighted by Crippen LogP contribution is -2.40. The topological polar surface area (TPSA) is 18.5 Å². The fraction of sp³-hybridized carbons (Fsp3) is 0.500. The van der Waals surface area contributed by atoms with Crippen LogP contribution in [0.2, 0.25) is 0 Å². The molecule has 3 rings (SSSR count). The summed E-state index contributed by atoms with van der Waals surface area (Å²) in [6.45, 7) is 0. The monoisotopic (exact) mass is 191 g/mol. The third kappa shape index (κ3) is 1.17. The van der Waals surface area contributed by atoms with Crippen LogP contribution in [-0.4, -0.2) is 5.79 Å². The standard InChI is InChI=1S/C12H14O2/c1-4-8-12(9-5-1)13-10-6-2-3-7-11(10)14-12/h2-3,6-7H,1,4-5,8-9H2/i6D. The van der Waals surface area contributed by atoms with Gasteiger partial charge in [-0.25, -0.2) is 0 Å². The summed E-state index contributed by atoms with van der Waals surface area (Å²) in [7, 11) is 0. The Morgan fingerprint density at radius 3 is 2.64 bits per heavy atom. The van der Waals surface area contributed by atoms with Gasteiger partial charge in [0.25, 0.3) is 5.79 Å². The van der Waals surface area contributed by atoms with Crippen LogP contribution in [0.3, 0.4) is 0 Å². The van der Waals surface area contributed by atoms with Crippen molar-refractivity contribution in [3.63, 3.8) is 0 Å². The Labute approximate surface area is 85.2 Å². The molecule has 0 aromatic heterocycles. The largest absolute Gasteiger partial charge is 0.448 e. The van der Waals surface area contributed by atoms with E-state index in [4.69, 9.17) is 10.8 Å². The smallest absolute Gasteiger partial charge is 0.251 e. The maximum absolute atomic E-state index is 7.75. The molecule has 1 spiro atoms. The number of fused-ring (bicyclic) bond motifs is 1. The highest BCUT2D eigenvalue weighted by Crippen LogP contribution is 2.44. The van der Waals surface area contributed by atoms with Gasteiger partial charge in [0.1, 0.15) is 0 Å². The zero-order valence-electron chi connectivity index (χ0n) is 9.08. The summed E-state index contributed by atoms with van der Waals surface area (Å²) < 4.78 is 19.5. The Bertz CT molecular complexity index is 383. The lowest BCUT2D eigenvalue weighted by atomic mass is 9.94. The first-order chi connectivity index (χ1) is 7.29. The fourth-order valence-electron chi connectivity index (χ4n) is 2.27. The molecule has 74 valence electrons.